The van der Waals surface area contributed by atoms with E-state index in [1.807, 2.05) is 32.9 Å². The normalized spacial score (nSPS) is 20.5. The molecule has 1 heterocycles. The van der Waals surface area contributed by atoms with Gasteiger partial charge in [-0.25, -0.2) is 0 Å². The number of hydrogen-bond donors (Lipinski definition) is 0. The Balaban J connectivity index is 1.86. The van der Waals surface area contributed by atoms with Crippen LogP contribution >= 0.6 is 0 Å². The third-order valence-electron chi connectivity index (χ3n) is 5.48. The molecule has 0 bridgehead atoms. The zero-order valence-corrected chi connectivity index (χ0v) is 18.5. The molecule has 158 valence electrons. The molecular formula is C24H33NO4. The lowest BCUT2D eigenvalue weighted by Gasteiger charge is -2.39. The number of esters is 1. The van der Waals surface area contributed by atoms with Gasteiger partial charge in [-0.1, -0.05) is 19.1 Å². The molecule has 0 N–H and O–H groups in total. The minimum Gasteiger partial charge on any atom is -0.493 e. The first-order chi connectivity index (χ1) is 13.7. The summed E-state index contributed by atoms with van der Waals surface area (Å²) in [5, 5.41) is 2.20. The van der Waals surface area contributed by atoms with Gasteiger partial charge in [0.25, 0.3) is 0 Å². The van der Waals surface area contributed by atoms with Gasteiger partial charge in [0.05, 0.1) is 14.2 Å². The summed E-state index contributed by atoms with van der Waals surface area (Å²) < 4.78 is 16.6. The van der Waals surface area contributed by atoms with E-state index in [1.54, 1.807) is 14.2 Å². The lowest BCUT2D eigenvalue weighted by atomic mass is 9.90. The number of piperidine rings is 1. The fourth-order valence-electron chi connectivity index (χ4n) is 4.15. The van der Waals surface area contributed by atoms with Crippen molar-refractivity contribution in [1.29, 1.82) is 0 Å². The maximum atomic E-state index is 12.9. The van der Waals surface area contributed by atoms with Crippen molar-refractivity contribution in [2.75, 3.05) is 20.8 Å². The van der Waals surface area contributed by atoms with Crippen molar-refractivity contribution < 1.29 is 19.0 Å². The van der Waals surface area contributed by atoms with E-state index in [0.717, 1.165) is 48.2 Å². The maximum Gasteiger partial charge on any atom is 0.324 e. The van der Waals surface area contributed by atoms with Gasteiger partial charge in [0.2, 0.25) is 0 Å². The highest BCUT2D eigenvalue weighted by Gasteiger charge is 2.37. The molecule has 2 aromatic rings. The molecule has 1 saturated heterocycles. The van der Waals surface area contributed by atoms with Crippen LogP contribution in [0.15, 0.2) is 30.3 Å². The highest BCUT2D eigenvalue weighted by Crippen LogP contribution is 2.33. The zero-order chi connectivity index (χ0) is 21.2. The predicted octanol–water partition coefficient (Wildman–Crippen LogP) is 4.80. The Bertz CT molecular complexity index is 871. The second-order valence-electron chi connectivity index (χ2n) is 8.96. The van der Waals surface area contributed by atoms with E-state index in [-0.39, 0.29) is 17.9 Å². The number of carbonyl (C=O) groups excluding carboxylic acids is 1. The van der Waals surface area contributed by atoms with Crippen LogP contribution in [0.3, 0.4) is 0 Å². The Morgan fingerprint density at radius 3 is 2.34 bits per heavy atom. The summed E-state index contributed by atoms with van der Waals surface area (Å²) >= 11 is 0. The molecule has 0 aromatic heterocycles. The van der Waals surface area contributed by atoms with Crippen LogP contribution < -0.4 is 9.47 Å². The molecular weight excluding hydrogens is 366 g/mol. The fourth-order valence-corrected chi connectivity index (χ4v) is 4.15. The first-order valence-corrected chi connectivity index (χ1v) is 10.3. The quantitative estimate of drug-likeness (QED) is 0.676. The van der Waals surface area contributed by atoms with E-state index in [4.69, 9.17) is 14.2 Å². The van der Waals surface area contributed by atoms with Crippen LogP contribution in [-0.4, -0.2) is 43.3 Å². The van der Waals surface area contributed by atoms with Crippen molar-refractivity contribution in [3.05, 3.63) is 35.9 Å². The summed E-state index contributed by atoms with van der Waals surface area (Å²) in [5.41, 5.74) is 0.700. The topological polar surface area (TPSA) is 48.0 Å². The highest BCUT2D eigenvalue weighted by molar-refractivity contribution is 5.86. The molecule has 3 rings (SSSR count). The standard InChI is InChI=1S/C24H33NO4/c1-16-8-7-11-25(22(16)23(26)29-24(2,3)4)15-17-9-10-18-13-20(27-5)21(28-6)14-19(18)12-17/h9-10,12-14,16,22H,7-8,11,15H2,1-6H3. The summed E-state index contributed by atoms with van der Waals surface area (Å²) in [5.74, 6) is 1.61. The van der Waals surface area contributed by atoms with Gasteiger partial charge < -0.3 is 14.2 Å². The average molecular weight is 400 g/mol. The summed E-state index contributed by atoms with van der Waals surface area (Å²) in [6.45, 7) is 9.55. The first kappa shape index (κ1) is 21.4. The largest absolute Gasteiger partial charge is 0.493 e. The number of likely N-dealkylation sites (tertiary alicyclic amines) is 1. The molecule has 2 unspecified atom stereocenters. The SMILES string of the molecule is COc1cc2ccc(CN3CCCC(C)C3C(=O)OC(C)(C)C)cc2cc1OC. The number of hydrogen-bond acceptors (Lipinski definition) is 5. The minimum atomic E-state index is -0.474. The third-order valence-corrected chi connectivity index (χ3v) is 5.48. The number of benzene rings is 2. The summed E-state index contributed by atoms with van der Waals surface area (Å²) in [4.78, 5) is 15.2. The minimum absolute atomic E-state index is 0.114. The molecule has 5 heteroatoms. The van der Waals surface area contributed by atoms with Crippen LogP contribution in [0.5, 0.6) is 11.5 Å². The lowest BCUT2D eigenvalue weighted by Crippen LogP contribution is -2.50. The van der Waals surface area contributed by atoms with E-state index < -0.39 is 5.60 Å². The lowest BCUT2D eigenvalue weighted by molar-refractivity contribution is -0.165. The van der Waals surface area contributed by atoms with Gasteiger partial charge in [-0.3, -0.25) is 9.69 Å². The van der Waals surface area contributed by atoms with E-state index in [0.29, 0.717) is 0 Å². The number of methoxy groups -OCH3 is 2. The second-order valence-corrected chi connectivity index (χ2v) is 8.96. The predicted molar refractivity (Wildman–Crippen MR) is 115 cm³/mol. The number of nitrogens with zero attached hydrogens (tertiary/aromatic N) is 1. The van der Waals surface area contributed by atoms with Crippen LogP contribution in [0.4, 0.5) is 0 Å². The van der Waals surface area contributed by atoms with Crippen molar-refractivity contribution in [1.82, 2.24) is 4.90 Å². The summed E-state index contributed by atoms with van der Waals surface area (Å²) in [6.07, 6.45) is 2.15. The molecule has 29 heavy (non-hydrogen) atoms. The monoisotopic (exact) mass is 399 g/mol. The van der Waals surface area contributed by atoms with Gasteiger partial charge in [-0.2, -0.15) is 0 Å². The second kappa shape index (κ2) is 8.62. The van der Waals surface area contributed by atoms with Crippen LogP contribution in [0, 0.1) is 5.92 Å². The van der Waals surface area contributed by atoms with Crippen molar-refractivity contribution in [2.24, 2.45) is 5.92 Å². The van der Waals surface area contributed by atoms with E-state index >= 15 is 0 Å². The van der Waals surface area contributed by atoms with Gasteiger partial charge in [0.1, 0.15) is 11.6 Å². The molecule has 5 nitrogen and oxygen atoms in total. The average Bonchev–Trinajstić information content (AvgIpc) is 2.65. The number of fused-ring (bicyclic) bond motifs is 1. The fraction of sp³-hybridized carbons (Fsp3) is 0.542. The Morgan fingerprint density at radius 2 is 1.72 bits per heavy atom. The Morgan fingerprint density at radius 1 is 1.07 bits per heavy atom. The molecule has 0 radical (unpaired) electrons. The number of carbonyl (C=O) groups is 1. The Hall–Kier alpha value is -2.27. The summed E-state index contributed by atoms with van der Waals surface area (Å²) in [7, 11) is 3.29. The molecule has 2 aromatic carbocycles. The van der Waals surface area contributed by atoms with Crippen molar-refractivity contribution >= 4 is 16.7 Å². The molecule has 1 fully saturated rings. The van der Waals surface area contributed by atoms with E-state index in [1.165, 1.54) is 5.56 Å². The molecule has 1 aliphatic rings. The van der Waals surface area contributed by atoms with Gasteiger partial charge in [0.15, 0.2) is 11.5 Å². The van der Waals surface area contributed by atoms with Crippen LogP contribution in [-0.2, 0) is 16.1 Å². The molecule has 1 aliphatic heterocycles. The first-order valence-electron chi connectivity index (χ1n) is 10.3. The molecule has 0 spiro atoms. The molecule has 0 amide bonds. The Kier molecular flexibility index (Phi) is 6.37. The van der Waals surface area contributed by atoms with Gasteiger partial charge in [-0.15, -0.1) is 0 Å². The smallest absolute Gasteiger partial charge is 0.324 e. The third kappa shape index (κ3) is 5.02. The number of rotatable bonds is 5. The van der Waals surface area contributed by atoms with Gasteiger partial charge >= 0.3 is 5.97 Å². The molecule has 0 saturated carbocycles. The maximum absolute atomic E-state index is 12.9. The van der Waals surface area contributed by atoms with Crippen LogP contribution in [0.25, 0.3) is 10.8 Å². The molecule has 0 aliphatic carbocycles. The van der Waals surface area contributed by atoms with Crippen LogP contribution in [0.2, 0.25) is 0 Å². The van der Waals surface area contributed by atoms with E-state index in [9.17, 15) is 4.79 Å². The van der Waals surface area contributed by atoms with E-state index in [2.05, 4.69) is 30.0 Å². The van der Waals surface area contributed by atoms with Gasteiger partial charge in [0, 0.05) is 6.54 Å². The zero-order valence-electron chi connectivity index (χ0n) is 18.5. The van der Waals surface area contributed by atoms with Crippen molar-refractivity contribution in [2.45, 2.75) is 58.7 Å². The van der Waals surface area contributed by atoms with Crippen LogP contribution in [0.1, 0.15) is 46.1 Å². The summed E-state index contributed by atoms with van der Waals surface area (Å²) in [6, 6.07) is 10.2. The Labute approximate surface area is 173 Å². The van der Waals surface area contributed by atoms with Gasteiger partial charge in [-0.05, 0) is 80.6 Å². The molecule has 2 atom stereocenters. The van der Waals surface area contributed by atoms with Crippen molar-refractivity contribution in [3.8, 4) is 11.5 Å². The number of ether oxygens (including phenoxy) is 3. The highest BCUT2D eigenvalue weighted by atomic mass is 16.6. The van der Waals surface area contributed by atoms with Crippen molar-refractivity contribution in [3.63, 3.8) is 0 Å².